The summed E-state index contributed by atoms with van der Waals surface area (Å²) in [4.78, 5) is 2.55. The topological polar surface area (TPSA) is 75.4 Å². The van der Waals surface area contributed by atoms with Crippen LogP contribution in [0.5, 0.6) is 0 Å². The second-order valence-corrected chi connectivity index (χ2v) is 7.84. The van der Waals surface area contributed by atoms with E-state index in [9.17, 15) is 8.42 Å². The highest BCUT2D eigenvalue weighted by atomic mass is 32.2. The molecule has 1 fully saturated rings. The zero-order valence-corrected chi connectivity index (χ0v) is 13.3. The van der Waals surface area contributed by atoms with E-state index in [-0.39, 0.29) is 4.90 Å². The van der Waals surface area contributed by atoms with Gasteiger partial charge in [-0.2, -0.15) is 11.8 Å². The summed E-state index contributed by atoms with van der Waals surface area (Å²) in [5.41, 5.74) is 6.84. The molecule has 1 aliphatic heterocycles. The van der Waals surface area contributed by atoms with E-state index in [1.54, 1.807) is 19.1 Å². The van der Waals surface area contributed by atoms with E-state index in [0.29, 0.717) is 17.8 Å². The maximum Gasteiger partial charge on any atom is 0.240 e. The van der Waals surface area contributed by atoms with Gasteiger partial charge in [0.25, 0.3) is 0 Å². The lowest BCUT2D eigenvalue weighted by atomic mass is 10.2. The minimum absolute atomic E-state index is 0.270. The van der Waals surface area contributed by atoms with Crippen molar-refractivity contribution in [3.63, 3.8) is 0 Å². The Kier molecular flexibility index (Phi) is 5.31. The minimum Gasteiger partial charge on any atom is -0.399 e. The van der Waals surface area contributed by atoms with Crippen LogP contribution in [0.2, 0.25) is 0 Å². The van der Waals surface area contributed by atoms with Gasteiger partial charge in [-0.1, -0.05) is 6.07 Å². The summed E-state index contributed by atoms with van der Waals surface area (Å²) >= 11 is 1.94. The fourth-order valence-corrected chi connectivity index (χ4v) is 4.42. The number of aryl methyl sites for hydroxylation is 1. The van der Waals surface area contributed by atoms with E-state index in [1.165, 1.54) is 6.07 Å². The smallest absolute Gasteiger partial charge is 0.240 e. The van der Waals surface area contributed by atoms with Gasteiger partial charge in [0.2, 0.25) is 10.0 Å². The Balaban J connectivity index is 1.95. The number of rotatable bonds is 5. The van der Waals surface area contributed by atoms with Gasteiger partial charge in [-0.3, -0.25) is 0 Å². The van der Waals surface area contributed by atoms with Gasteiger partial charge in [0.05, 0.1) is 4.90 Å². The van der Waals surface area contributed by atoms with Crippen LogP contribution in [0.25, 0.3) is 0 Å². The van der Waals surface area contributed by atoms with Crippen molar-refractivity contribution < 1.29 is 8.42 Å². The highest BCUT2D eigenvalue weighted by molar-refractivity contribution is 7.99. The van der Waals surface area contributed by atoms with Crippen molar-refractivity contribution in [1.29, 1.82) is 0 Å². The Morgan fingerprint density at radius 1 is 1.35 bits per heavy atom. The van der Waals surface area contributed by atoms with Crippen LogP contribution in [0.15, 0.2) is 23.1 Å². The summed E-state index contributed by atoms with van der Waals surface area (Å²) in [7, 11) is -3.48. The average molecular weight is 315 g/mol. The molecule has 3 N–H and O–H groups in total. The number of nitrogens with one attached hydrogen (secondary N) is 1. The Bertz CT molecular complexity index is 555. The number of nitrogens with zero attached hydrogens (tertiary/aromatic N) is 1. The third-order valence-electron chi connectivity index (χ3n) is 3.33. The van der Waals surface area contributed by atoms with Crippen molar-refractivity contribution >= 4 is 27.5 Å². The zero-order valence-electron chi connectivity index (χ0n) is 11.6. The number of anilines is 1. The standard InChI is InChI=1S/C13H21N3O2S2/c1-11-2-3-12(14)10-13(11)20(17,18)15-4-5-16-6-8-19-9-7-16/h2-3,10,15H,4-9,14H2,1H3. The summed E-state index contributed by atoms with van der Waals surface area (Å²) in [5, 5.41) is 0. The van der Waals surface area contributed by atoms with E-state index in [0.717, 1.165) is 31.1 Å². The second kappa shape index (κ2) is 6.80. The monoisotopic (exact) mass is 315 g/mol. The lowest BCUT2D eigenvalue weighted by Crippen LogP contribution is -2.39. The molecule has 0 aliphatic carbocycles. The first kappa shape index (κ1) is 15.6. The van der Waals surface area contributed by atoms with Gasteiger partial charge < -0.3 is 10.6 Å². The van der Waals surface area contributed by atoms with Crippen LogP contribution in [0, 0.1) is 6.92 Å². The number of thioether (sulfide) groups is 1. The van der Waals surface area contributed by atoms with Crippen molar-refractivity contribution in [2.45, 2.75) is 11.8 Å². The number of nitrogen functional groups attached to an aromatic ring is 1. The maximum atomic E-state index is 12.3. The van der Waals surface area contributed by atoms with Gasteiger partial charge in [0, 0.05) is 43.4 Å². The van der Waals surface area contributed by atoms with Gasteiger partial charge in [0.1, 0.15) is 0 Å². The fraction of sp³-hybridized carbons (Fsp3) is 0.538. The molecule has 20 heavy (non-hydrogen) atoms. The molecular formula is C13H21N3O2S2. The summed E-state index contributed by atoms with van der Waals surface area (Å²) in [6, 6.07) is 4.95. The highest BCUT2D eigenvalue weighted by Crippen LogP contribution is 2.18. The van der Waals surface area contributed by atoms with Crippen LogP contribution in [0.1, 0.15) is 5.56 Å². The molecule has 1 aliphatic rings. The maximum absolute atomic E-state index is 12.3. The van der Waals surface area contributed by atoms with Crippen LogP contribution in [0.3, 0.4) is 0 Å². The SMILES string of the molecule is Cc1ccc(N)cc1S(=O)(=O)NCCN1CCSCC1. The Morgan fingerprint density at radius 3 is 2.75 bits per heavy atom. The second-order valence-electron chi connectivity index (χ2n) is 4.88. The molecule has 1 saturated heterocycles. The summed E-state index contributed by atoms with van der Waals surface area (Å²) in [5.74, 6) is 2.25. The molecule has 0 amide bonds. The largest absolute Gasteiger partial charge is 0.399 e. The van der Waals surface area contributed by atoms with Crippen molar-refractivity contribution in [2.75, 3.05) is 43.4 Å². The first-order chi connectivity index (χ1) is 9.49. The molecule has 2 rings (SSSR count). The fourth-order valence-electron chi connectivity index (χ4n) is 2.15. The van der Waals surface area contributed by atoms with Crippen LogP contribution in [0.4, 0.5) is 5.69 Å². The average Bonchev–Trinajstić information content (AvgIpc) is 2.42. The minimum atomic E-state index is -3.48. The molecule has 1 heterocycles. The molecule has 0 aromatic heterocycles. The molecule has 1 aromatic carbocycles. The first-order valence-corrected chi connectivity index (χ1v) is 9.29. The van der Waals surface area contributed by atoms with Gasteiger partial charge in [-0.05, 0) is 24.6 Å². The number of nitrogens with two attached hydrogens (primary N) is 1. The van der Waals surface area contributed by atoms with E-state index in [4.69, 9.17) is 5.73 Å². The number of sulfonamides is 1. The number of hydrogen-bond donors (Lipinski definition) is 2. The molecule has 0 saturated carbocycles. The van der Waals surface area contributed by atoms with Crippen molar-refractivity contribution in [3.05, 3.63) is 23.8 Å². The van der Waals surface area contributed by atoms with E-state index >= 15 is 0 Å². The quantitative estimate of drug-likeness (QED) is 0.790. The van der Waals surface area contributed by atoms with E-state index in [1.807, 2.05) is 11.8 Å². The molecule has 0 spiro atoms. The van der Waals surface area contributed by atoms with Gasteiger partial charge in [-0.25, -0.2) is 13.1 Å². The number of benzene rings is 1. The third-order valence-corrected chi connectivity index (χ3v) is 5.87. The van der Waals surface area contributed by atoms with E-state index < -0.39 is 10.0 Å². The van der Waals surface area contributed by atoms with Crippen LogP contribution in [-0.2, 0) is 10.0 Å². The predicted octanol–water partition coefficient (Wildman–Crippen LogP) is 0.904. The van der Waals surface area contributed by atoms with Crippen LogP contribution < -0.4 is 10.5 Å². The van der Waals surface area contributed by atoms with Gasteiger partial charge >= 0.3 is 0 Å². The Morgan fingerprint density at radius 2 is 2.05 bits per heavy atom. The summed E-state index contributed by atoms with van der Waals surface area (Å²) in [6.45, 7) is 5.02. The molecule has 0 unspecified atom stereocenters. The Labute approximate surface area is 125 Å². The molecule has 0 atom stereocenters. The van der Waals surface area contributed by atoms with Crippen molar-refractivity contribution in [2.24, 2.45) is 0 Å². The van der Waals surface area contributed by atoms with Crippen LogP contribution >= 0.6 is 11.8 Å². The number of hydrogen-bond acceptors (Lipinski definition) is 5. The lowest BCUT2D eigenvalue weighted by Gasteiger charge is -2.26. The van der Waals surface area contributed by atoms with Gasteiger partial charge in [-0.15, -0.1) is 0 Å². The molecule has 0 radical (unpaired) electrons. The molecule has 5 nitrogen and oxygen atoms in total. The molecule has 7 heteroatoms. The normalized spacial score (nSPS) is 17.2. The Hall–Kier alpha value is -0.760. The molecule has 112 valence electrons. The highest BCUT2D eigenvalue weighted by Gasteiger charge is 2.17. The zero-order chi connectivity index (χ0) is 14.6. The van der Waals surface area contributed by atoms with Gasteiger partial charge in [0.15, 0.2) is 0 Å². The summed E-state index contributed by atoms with van der Waals surface area (Å²) in [6.07, 6.45) is 0. The lowest BCUT2D eigenvalue weighted by molar-refractivity contribution is 0.307. The van der Waals surface area contributed by atoms with Crippen LogP contribution in [-0.4, -0.2) is 51.0 Å². The third kappa shape index (κ3) is 4.12. The van der Waals surface area contributed by atoms with Crippen molar-refractivity contribution in [3.8, 4) is 0 Å². The van der Waals surface area contributed by atoms with Crippen molar-refractivity contribution in [1.82, 2.24) is 9.62 Å². The molecule has 0 bridgehead atoms. The first-order valence-electron chi connectivity index (χ1n) is 6.65. The molecule has 1 aromatic rings. The molecular weight excluding hydrogens is 294 g/mol. The van der Waals surface area contributed by atoms with E-state index in [2.05, 4.69) is 9.62 Å². The summed E-state index contributed by atoms with van der Waals surface area (Å²) < 4.78 is 27.2. The predicted molar refractivity (Wildman–Crippen MR) is 84.5 cm³/mol.